The summed E-state index contributed by atoms with van der Waals surface area (Å²) >= 11 is 7.42. The number of rotatable bonds is 6. The number of benzene rings is 1. The van der Waals surface area contributed by atoms with Crippen molar-refractivity contribution in [1.82, 2.24) is 5.32 Å². The molecule has 0 fully saturated rings. The molecule has 2 rings (SSSR count). The Morgan fingerprint density at radius 1 is 1.25 bits per heavy atom. The van der Waals surface area contributed by atoms with Gasteiger partial charge in [-0.3, -0.25) is 0 Å². The summed E-state index contributed by atoms with van der Waals surface area (Å²) in [5, 5.41) is 3.36. The van der Waals surface area contributed by atoms with E-state index < -0.39 is 5.82 Å². The normalized spacial score (nSPS) is 12.6. The molecule has 0 saturated heterocycles. The van der Waals surface area contributed by atoms with Crippen molar-refractivity contribution in [2.24, 2.45) is 0 Å². The Bertz CT molecular complexity index is 571. The molecule has 0 spiro atoms. The third kappa shape index (κ3) is 4.01. The van der Waals surface area contributed by atoms with E-state index in [0.717, 1.165) is 23.9 Å². The van der Waals surface area contributed by atoms with Crippen molar-refractivity contribution < 1.29 is 8.78 Å². The minimum atomic E-state index is -0.417. The number of hydrogen-bond donors (Lipinski definition) is 1. The predicted octanol–water partition coefficient (Wildman–Crippen LogP) is 4.96. The Balaban J connectivity index is 2.21. The Morgan fingerprint density at radius 2 is 2.05 bits per heavy atom. The Morgan fingerprint density at radius 3 is 2.70 bits per heavy atom. The molecule has 0 aliphatic heterocycles. The smallest absolute Gasteiger partial charge is 0.126 e. The minimum Gasteiger partial charge on any atom is -0.309 e. The summed E-state index contributed by atoms with van der Waals surface area (Å²) in [5.74, 6) is -0.794. The van der Waals surface area contributed by atoms with Crippen LogP contribution >= 0.6 is 22.9 Å². The van der Waals surface area contributed by atoms with Crippen LogP contribution in [0.15, 0.2) is 30.3 Å². The molecule has 2 aromatic rings. The van der Waals surface area contributed by atoms with Crippen LogP contribution in [0.3, 0.4) is 0 Å². The van der Waals surface area contributed by atoms with E-state index in [-0.39, 0.29) is 11.9 Å². The summed E-state index contributed by atoms with van der Waals surface area (Å²) in [6, 6.07) is 7.26. The van der Waals surface area contributed by atoms with Crippen LogP contribution in [0.4, 0.5) is 8.78 Å². The zero-order valence-electron chi connectivity index (χ0n) is 11.1. The van der Waals surface area contributed by atoms with Crippen LogP contribution in [0, 0.1) is 11.6 Å². The fraction of sp³-hybridized carbons (Fsp3) is 0.333. The lowest BCUT2D eigenvalue weighted by Gasteiger charge is -2.17. The first-order chi connectivity index (χ1) is 9.60. The fourth-order valence-corrected chi connectivity index (χ4v) is 3.16. The average Bonchev–Trinajstić information content (AvgIpc) is 2.85. The zero-order chi connectivity index (χ0) is 14.5. The van der Waals surface area contributed by atoms with E-state index >= 15 is 0 Å². The molecule has 0 saturated carbocycles. The minimum absolute atomic E-state index is 0.0521. The number of hydrogen-bond acceptors (Lipinski definition) is 2. The second-order valence-electron chi connectivity index (χ2n) is 4.59. The molecule has 1 atom stereocenters. The molecule has 108 valence electrons. The van der Waals surface area contributed by atoms with Gasteiger partial charge in [-0.1, -0.05) is 18.5 Å². The molecule has 20 heavy (non-hydrogen) atoms. The lowest BCUT2D eigenvalue weighted by molar-refractivity contribution is 0.514. The molecule has 0 amide bonds. The average molecular weight is 316 g/mol. The number of nitrogens with one attached hydrogen (secondary N) is 1. The van der Waals surface area contributed by atoms with Gasteiger partial charge in [0, 0.05) is 10.9 Å². The van der Waals surface area contributed by atoms with Gasteiger partial charge < -0.3 is 5.32 Å². The first kappa shape index (κ1) is 15.4. The van der Waals surface area contributed by atoms with Gasteiger partial charge in [-0.05, 0) is 55.3 Å². The van der Waals surface area contributed by atoms with Gasteiger partial charge in [0.1, 0.15) is 11.6 Å². The Hall–Kier alpha value is -0.970. The molecule has 5 heteroatoms. The standard InChI is InChI=1S/C15H16ClF2NS/c1-2-7-19-13(14-5-6-15(16)20-14)9-10-8-11(17)3-4-12(10)18/h3-6,8,13,19H,2,7,9H2,1H3. The van der Waals surface area contributed by atoms with Gasteiger partial charge in [-0.25, -0.2) is 8.78 Å². The topological polar surface area (TPSA) is 12.0 Å². The van der Waals surface area contributed by atoms with Gasteiger partial charge in [0.05, 0.1) is 4.34 Å². The van der Waals surface area contributed by atoms with Crippen LogP contribution in [-0.2, 0) is 6.42 Å². The quantitative estimate of drug-likeness (QED) is 0.794. The third-order valence-electron chi connectivity index (χ3n) is 3.01. The van der Waals surface area contributed by atoms with Crippen LogP contribution in [-0.4, -0.2) is 6.54 Å². The van der Waals surface area contributed by atoms with Crippen LogP contribution in [0.5, 0.6) is 0 Å². The first-order valence-corrected chi connectivity index (χ1v) is 7.72. The van der Waals surface area contributed by atoms with Crippen molar-refractivity contribution in [1.29, 1.82) is 0 Å². The molecule has 1 aromatic carbocycles. The van der Waals surface area contributed by atoms with Gasteiger partial charge in [0.25, 0.3) is 0 Å². The van der Waals surface area contributed by atoms with E-state index in [4.69, 9.17) is 11.6 Å². The van der Waals surface area contributed by atoms with Crippen LogP contribution in [0.2, 0.25) is 4.34 Å². The van der Waals surface area contributed by atoms with E-state index in [0.29, 0.717) is 16.3 Å². The molecular formula is C15H16ClF2NS. The fourth-order valence-electron chi connectivity index (χ4n) is 2.03. The van der Waals surface area contributed by atoms with Crippen molar-refractivity contribution in [3.63, 3.8) is 0 Å². The summed E-state index contributed by atoms with van der Waals surface area (Å²) < 4.78 is 27.7. The van der Waals surface area contributed by atoms with E-state index in [1.165, 1.54) is 23.5 Å². The molecule has 1 heterocycles. The third-order valence-corrected chi connectivity index (χ3v) is 4.35. The maximum atomic E-state index is 13.8. The molecule has 0 aliphatic rings. The lowest BCUT2D eigenvalue weighted by Crippen LogP contribution is -2.23. The first-order valence-electron chi connectivity index (χ1n) is 6.52. The molecule has 0 bridgehead atoms. The second-order valence-corrected chi connectivity index (χ2v) is 6.34. The molecule has 1 N–H and O–H groups in total. The van der Waals surface area contributed by atoms with Gasteiger partial charge in [0.2, 0.25) is 0 Å². The van der Waals surface area contributed by atoms with E-state index in [1.807, 2.05) is 12.1 Å². The molecule has 1 aromatic heterocycles. The zero-order valence-corrected chi connectivity index (χ0v) is 12.7. The Labute approximate surface area is 126 Å². The van der Waals surface area contributed by atoms with E-state index in [1.54, 1.807) is 0 Å². The van der Waals surface area contributed by atoms with Gasteiger partial charge >= 0.3 is 0 Å². The summed E-state index contributed by atoms with van der Waals surface area (Å²) in [6.45, 7) is 2.88. The highest BCUT2D eigenvalue weighted by Crippen LogP contribution is 2.29. The Kier molecular flexibility index (Phi) is 5.52. The van der Waals surface area contributed by atoms with Crippen molar-refractivity contribution >= 4 is 22.9 Å². The molecule has 1 nitrogen and oxygen atoms in total. The monoisotopic (exact) mass is 315 g/mol. The van der Waals surface area contributed by atoms with Crippen molar-refractivity contribution in [3.8, 4) is 0 Å². The number of thiophene rings is 1. The largest absolute Gasteiger partial charge is 0.309 e. The highest BCUT2D eigenvalue weighted by atomic mass is 35.5. The van der Waals surface area contributed by atoms with Crippen LogP contribution in [0.25, 0.3) is 0 Å². The summed E-state index contributed by atoms with van der Waals surface area (Å²) in [6.07, 6.45) is 1.38. The maximum absolute atomic E-state index is 13.8. The predicted molar refractivity (Wildman–Crippen MR) is 80.4 cm³/mol. The second kappa shape index (κ2) is 7.16. The SMILES string of the molecule is CCCNC(Cc1cc(F)ccc1F)c1ccc(Cl)s1. The van der Waals surface area contributed by atoms with E-state index in [9.17, 15) is 8.78 Å². The number of halogens is 3. The highest BCUT2D eigenvalue weighted by Gasteiger charge is 2.16. The lowest BCUT2D eigenvalue weighted by atomic mass is 10.0. The maximum Gasteiger partial charge on any atom is 0.126 e. The molecular weight excluding hydrogens is 300 g/mol. The highest BCUT2D eigenvalue weighted by molar-refractivity contribution is 7.16. The summed E-state index contributed by atoms with van der Waals surface area (Å²) in [4.78, 5) is 1.03. The summed E-state index contributed by atoms with van der Waals surface area (Å²) in [7, 11) is 0. The van der Waals surface area contributed by atoms with Gasteiger partial charge in [-0.2, -0.15) is 0 Å². The van der Waals surface area contributed by atoms with Gasteiger partial charge in [0.15, 0.2) is 0 Å². The van der Waals surface area contributed by atoms with Gasteiger partial charge in [-0.15, -0.1) is 11.3 Å². The van der Waals surface area contributed by atoms with Crippen LogP contribution < -0.4 is 5.32 Å². The van der Waals surface area contributed by atoms with Crippen molar-refractivity contribution in [2.75, 3.05) is 6.54 Å². The summed E-state index contributed by atoms with van der Waals surface area (Å²) in [5.41, 5.74) is 0.378. The van der Waals surface area contributed by atoms with Crippen LogP contribution in [0.1, 0.15) is 29.8 Å². The molecule has 0 radical (unpaired) electrons. The van der Waals surface area contributed by atoms with Crippen molar-refractivity contribution in [3.05, 3.63) is 56.7 Å². The molecule has 0 aliphatic carbocycles. The van der Waals surface area contributed by atoms with E-state index in [2.05, 4.69) is 12.2 Å². The molecule has 1 unspecified atom stereocenters. The van der Waals surface area contributed by atoms with Crippen molar-refractivity contribution in [2.45, 2.75) is 25.8 Å².